The van der Waals surface area contributed by atoms with Crippen molar-refractivity contribution in [3.8, 4) is 0 Å². The van der Waals surface area contributed by atoms with Crippen LogP contribution in [0.3, 0.4) is 0 Å². The van der Waals surface area contributed by atoms with E-state index in [1.165, 1.54) is 11.1 Å². The number of carbonyl (C=O) groups excluding carboxylic acids is 1. The van der Waals surface area contributed by atoms with Crippen molar-refractivity contribution in [1.29, 1.82) is 0 Å². The van der Waals surface area contributed by atoms with Gasteiger partial charge in [-0.25, -0.2) is 5.43 Å². The van der Waals surface area contributed by atoms with Crippen LogP contribution in [-0.4, -0.2) is 11.6 Å². The van der Waals surface area contributed by atoms with Gasteiger partial charge in [-0.1, -0.05) is 72.8 Å². The molecule has 3 aromatic rings. The molecule has 140 valence electrons. The summed E-state index contributed by atoms with van der Waals surface area (Å²) in [5.74, 6) is -0.192. The summed E-state index contributed by atoms with van der Waals surface area (Å²) in [6, 6.07) is 27.9. The van der Waals surface area contributed by atoms with Gasteiger partial charge in [-0.2, -0.15) is 5.10 Å². The Bertz CT molecular complexity index is 956. The topological polar surface area (TPSA) is 67.5 Å². The normalized spacial score (nSPS) is 17.8. The Balaban J connectivity index is 1.56. The number of nitrogens with one attached hydrogen (secondary N) is 1. The van der Waals surface area contributed by atoms with Gasteiger partial charge in [0.2, 0.25) is 5.91 Å². The molecule has 0 aromatic heterocycles. The molecule has 28 heavy (non-hydrogen) atoms. The number of nitrogens with zero attached hydrogens (tertiary/aromatic N) is 1. The molecule has 1 atom stereocenters. The smallest absolute Gasteiger partial charge is 0.244 e. The van der Waals surface area contributed by atoms with Gasteiger partial charge in [0.05, 0.1) is 11.6 Å². The molecule has 4 rings (SSSR count). The van der Waals surface area contributed by atoms with E-state index in [0.717, 1.165) is 17.7 Å². The van der Waals surface area contributed by atoms with E-state index >= 15 is 0 Å². The van der Waals surface area contributed by atoms with Crippen molar-refractivity contribution < 1.29 is 4.79 Å². The lowest BCUT2D eigenvalue weighted by Crippen LogP contribution is -2.26. The number of hydrazone groups is 1. The van der Waals surface area contributed by atoms with Crippen LogP contribution in [-0.2, 0) is 10.2 Å². The predicted molar refractivity (Wildman–Crippen MR) is 113 cm³/mol. The maximum atomic E-state index is 12.9. The second-order valence-corrected chi connectivity index (χ2v) is 7.26. The maximum absolute atomic E-state index is 12.9. The number of carbonyl (C=O) groups is 1. The third kappa shape index (κ3) is 3.29. The monoisotopic (exact) mass is 369 g/mol. The van der Waals surface area contributed by atoms with Crippen molar-refractivity contribution in [2.24, 2.45) is 11.0 Å². The van der Waals surface area contributed by atoms with E-state index < -0.39 is 0 Å². The molecule has 0 unspecified atom stereocenters. The van der Waals surface area contributed by atoms with Gasteiger partial charge in [-0.15, -0.1) is 0 Å². The number of amides is 1. The molecule has 3 N–H and O–H groups in total. The van der Waals surface area contributed by atoms with Crippen LogP contribution in [0.5, 0.6) is 0 Å². The summed E-state index contributed by atoms with van der Waals surface area (Å²) in [5.41, 5.74) is 12.9. The van der Waals surface area contributed by atoms with Crippen molar-refractivity contribution in [3.05, 3.63) is 102 Å². The van der Waals surface area contributed by atoms with Gasteiger partial charge >= 0.3 is 0 Å². The Labute approximate surface area is 165 Å². The molecular weight excluding hydrogens is 346 g/mol. The summed E-state index contributed by atoms with van der Waals surface area (Å²) in [7, 11) is 0. The number of nitrogens with two attached hydrogens (primary N) is 1. The number of anilines is 1. The van der Waals surface area contributed by atoms with E-state index in [4.69, 9.17) is 5.73 Å². The Morgan fingerprint density at radius 1 is 0.929 bits per heavy atom. The van der Waals surface area contributed by atoms with Crippen LogP contribution < -0.4 is 11.2 Å². The molecule has 0 bridgehead atoms. The van der Waals surface area contributed by atoms with E-state index in [9.17, 15) is 4.79 Å². The standard InChI is InChI=1S/C24H23N3O/c1-17(18-12-14-21(25)15-13-18)26-27-23(28)22-16-24(22,19-8-4-2-5-9-19)20-10-6-3-7-11-20/h2-15,22H,16,25H2,1H3,(H,27,28)/b26-17-/t22-/m0/s1. The first-order chi connectivity index (χ1) is 13.6. The van der Waals surface area contributed by atoms with Gasteiger partial charge in [0, 0.05) is 11.1 Å². The number of nitrogen functional groups attached to an aromatic ring is 1. The Kier molecular flexibility index (Phi) is 4.70. The number of benzene rings is 3. The molecule has 1 amide bonds. The summed E-state index contributed by atoms with van der Waals surface area (Å²) >= 11 is 0. The summed E-state index contributed by atoms with van der Waals surface area (Å²) in [6.07, 6.45) is 0.781. The first-order valence-corrected chi connectivity index (χ1v) is 9.42. The summed E-state index contributed by atoms with van der Waals surface area (Å²) in [5, 5.41) is 4.31. The zero-order valence-electron chi connectivity index (χ0n) is 15.8. The Morgan fingerprint density at radius 2 is 1.46 bits per heavy atom. The van der Waals surface area contributed by atoms with Crippen LogP contribution in [0, 0.1) is 5.92 Å². The average molecular weight is 369 g/mol. The average Bonchev–Trinajstić information content (AvgIpc) is 3.51. The largest absolute Gasteiger partial charge is 0.399 e. The third-order valence-corrected chi connectivity index (χ3v) is 5.52. The summed E-state index contributed by atoms with van der Waals surface area (Å²) in [4.78, 5) is 12.9. The van der Waals surface area contributed by atoms with Crippen molar-refractivity contribution in [3.63, 3.8) is 0 Å². The Hall–Kier alpha value is -3.40. The van der Waals surface area contributed by atoms with Gasteiger partial charge in [-0.05, 0) is 42.2 Å². The summed E-state index contributed by atoms with van der Waals surface area (Å²) < 4.78 is 0. The van der Waals surface area contributed by atoms with E-state index in [1.54, 1.807) is 0 Å². The van der Waals surface area contributed by atoms with E-state index in [1.807, 2.05) is 67.6 Å². The van der Waals surface area contributed by atoms with Crippen LogP contribution in [0.2, 0.25) is 0 Å². The second-order valence-electron chi connectivity index (χ2n) is 7.26. The lowest BCUT2D eigenvalue weighted by atomic mass is 9.85. The highest BCUT2D eigenvalue weighted by atomic mass is 16.2. The molecule has 0 saturated heterocycles. The lowest BCUT2D eigenvalue weighted by Gasteiger charge is -2.18. The molecule has 4 nitrogen and oxygen atoms in total. The molecule has 1 fully saturated rings. The molecule has 1 saturated carbocycles. The van der Waals surface area contributed by atoms with Gasteiger partial charge in [-0.3, -0.25) is 4.79 Å². The van der Waals surface area contributed by atoms with Gasteiger partial charge < -0.3 is 5.73 Å². The van der Waals surface area contributed by atoms with Crippen LogP contribution in [0.1, 0.15) is 30.0 Å². The number of rotatable bonds is 5. The minimum atomic E-state index is -0.281. The van der Waals surface area contributed by atoms with E-state index in [-0.39, 0.29) is 17.2 Å². The molecule has 1 aliphatic carbocycles. The fraction of sp³-hybridized carbons (Fsp3) is 0.167. The molecule has 3 aromatic carbocycles. The fourth-order valence-corrected chi connectivity index (χ4v) is 3.86. The van der Waals surface area contributed by atoms with Crippen molar-refractivity contribution in [2.45, 2.75) is 18.8 Å². The molecule has 1 aliphatic rings. The van der Waals surface area contributed by atoms with Crippen LogP contribution in [0.25, 0.3) is 0 Å². The molecule has 0 aliphatic heterocycles. The second kappa shape index (κ2) is 7.31. The first-order valence-electron chi connectivity index (χ1n) is 9.42. The quantitative estimate of drug-likeness (QED) is 0.404. The molecule has 0 spiro atoms. The van der Waals surface area contributed by atoms with Crippen LogP contribution in [0.15, 0.2) is 90.0 Å². The minimum Gasteiger partial charge on any atom is -0.399 e. The first kappa shape index (κ1) is 18.0. The van der Waals surface area contributed by atoms with Crippen LogP contribution >= 0.6 is 0 Å². The minimum absolute atomic E-state index is 0.0532. The van der Waals surface area contributed by atoms with Gasteiger partial charge in [0.1, 0.15) is 0 Å². The molecular formula is C24H23N3O. The van der Waals surface area contributed by atoms with Crippen molar-refractivity contribution in [2.75, 3.05) is 5.73 Å². The highest BCUT2D eigenvalue weighted by molar-refractivity contribution is 5.99. The van der Waals surface area contributed by atoms with E-state index in [0.29, 0.717) is 5.69 Å². The van der Waals surface area contributed by atoms with Gasteiger partial charge in [0.25, 0.3) is 0 Å². The Morgan fingerprint density at radius 3 is 2.00 bits per heavy atom. The molecule has 4 heteroatoms. The SMILES string of the molecule is C/C(=N/NC(=O)[C@@H]1CC1(c1ccccc1)c1ccccc1)c1ccc(N)cc1. The number of hydrogen-bond donors (Lipinski definition) is 2. The van der Waals surface area contributed by atoms with Crippen LogP contribution in [0.4, 0.5) is 5.69 Å². The third-order valence-electron chi connectivity index (χ3n) is 5.52. The summed E-state index contributed by atoms with van der Waals surface area (Å²) in [6.45, 7) is 1.88. The van der Waals surface area contributed by atoms with Gasteiger partial charge in [0.15, 0.2) is 0 Å². The zero-order valence-corrected chi connectivity index (χ0v) is 15.8. The highest BCUT2D eigenvalue weighted by Crippen LogP contribution is 2.58. The zero-order chi connectivity index (χ0) is 19.6. The van der Waals surface area contributed by atoms with Crippen molar-refractivity contribution in [1.82, 2.24) is 5.43 Å². The van der Waals surface area contributed by atoms with Crippen molar-refractivity contribution >= 4 is 17.3 Å². The lowest BCUT2D eigenvalue weighted by molar-refractivity contribution is -0.122. The fourth-order valence-electron chi connectivity index (χ4n) is 3.86. The maximum Gasteiger partial charge on any atom is 0.244 e. The molecule has 0 heterocycles. The highest BCUT2D eigenvalue weighted by Gasteiger charge is 2.60. The van der Waals surface area contributed by atoms with E-state index in [2.05, 4.69) is 34.8 Å². The predicted octanol–water partition coefficient (Wildman–Crippen LogP) is 4.12. The number of hydrogen-bond acceptors (Lipinski definition) is 3. The molecule has 0 radical (unpaired) electrons.